The SMILES string of the molecule is Nc1ccc(S(=O)(=O)NCC2(O)CCC2)c(C(=O)O)c1. The lowest BCUT2D eigenvalue weighted by Gasteiger charge is -2.36. The monoisotopic (exact) mass is 300 g/mol. The van der Waals surface area contributed by atoms with E-state index in [0.717, 1.165) is 18.6 Å². The van der Waals surface area contributed by atoms with E-state index in [1.165, 1.54) is 6.07 Å². The van der Waals surface area contributed by atoms with Crippen molar-refractivity contribution in [3.8, 4) is 0 Å². The van der Waals surface area contributed by atoms with Gasteiger partial charge in [-0.25, -0.2) is 17.9 Å². The molecule has 0 atom stereocenters. The first kappa shape index (κ1) is 14.8. The Labute approximate surface area is 116 Å². The predicted octanol–water partition coefficient (Wildman–Crippen LogP) is 0.160. The van der Waals surface area contributed by atoms with Crippen LogP contribution in [0.2, 0.25) is 0 Å². The summed E-state index contributed by atoms with van der Waals surface area (Å²) in [6, 6.07) is 3.56. The third-order valence-corrected chi connectivity index (χ3v) is 4.86. The van der Waals surface area contributed by atoms with Crippen molar-refractivity contribution in [3.63, 3.8) is 0 Å². The van der Waals surface area contributed by atoms with Gasteiger partial charge in [-0.15, -0.1) is 0 Å². The van der Waals surface area contributed by atoms with Crippen LogP contribution in [0.25, 0.3) is 0 Å². The van der Waals surface area contributed by atoms with Crippen LogP contribution >= 0.6 is 0 Å². The summed E-state index contributed by atoms with van der Waals surface area (Å²) in [5.74, 6) is -1.37. The van der Waals surface area contributed by atoms with Crippen molar-refractivity contribution in [3.05, 3.63) is 23.8 Å². The summed E-state index contributed by atoms with van der Waals surface area (Å²) in [4.78, 5) is 10.7. The molecule has 0 heterocycles. The Bertz CT molecular complexity index is 637. The molecule has 1 aliphatic carbocycles. The zero-order chi connectivity index (χ0) is 15.0. The van der Waals surface area contributed by atoms with Gasteiger partial charge in [-0.1, -0.05) is 0 Å². The number of nitrogens with two attached hydrogens (primary N) is 1. The third kappa shape index (κ3) is 2.92. The van der Waals surface area contributed by atoms with E-state index in [9.17, 15) is 18.3 Å². The van der Waals surface area contributed by atoms with Crippen LogP contribution in [0.3, 0.4) is 0 Å². The summed E-state index contributed by atoms with van der Waals surface area (Å²) in [7, 11) is -4.01. The summed E-state index contributed by atoms with van der Waals surface area (Å²) in [6.45, 7) is -0.126. The number of hydrogen-bond donors (Lipinski definition) is 4. The van der Waals surface area contributed by atoms with Crippen LogP contribution in [0.4, 0.5) is 5.69 Å². The van der Waals surface area contributed by atoms with E-state index in [0.29, 0.717) is 12.8 Å². The number of rotatable bonds is 5. The summed E-state index contributed by atoms with van der Waals surface area (Å²) < 4.78 is 26.5. The molecule has 0 bridgehead atoms. The minimum absolute atomic E-state index is 0.126. The fourth-order valence-corrected chi connectivity index (χ4v) is 3.31. The van der Waals surface area contributed by atoms with Gasteiger partial charge in [0.05, 0.1) is 16.1 Å². The van der Waals surface area contributed by atoms with Crippen molar-refractivity contribution in [2.24, 2.45) is 0 Å². The van der Waals surface area contributed by atoms with Crippen molar-refractivity contribution in [1.82, 2.24) is 4.72 Å². The van der Waals surface area contributed by atoms with Crippen LogP contribution < -0.4 is 10.5 Å². The molecule has 0 radical (unpaired) electrons. The number of aromatic carboxylic acids is 1. The zero-order valence-electron chi connectivity index (χ0n) is 10.7. The quantitative estimate of drug-likeness (QED) is 0.573. The lowest BCUT2D eigenvalue weighted by Crippen LogP contribution is -2.47. The van der Waals surface area contributed by atoms with Gasteiger partial charge in [-0.2, -0.15) is 0 Å². The largest absolute Gasteiger partial charge is 0.478 e. The summed E-state index contributed by atoms with van der Waals surface area (Å²) in [6.07, 6.45) is 1.91. The average molecular weight is 300 g/mol. The number of anilines is 1. The molecule has 8 heteroatoms. The summed E-state index contributed by atoms with van der Waals surface area (Å²) in [5.41, 5.74) is 4.22. The lowest BCUT2D eigenvalue weighted by atomic mass is 9.81. The van der Waals surface area contributed by atoms with Crippen LogP contribution in [-0.2, 0) is 10.0 Å². The summed E-state index contributed by atoms with van der Waals surface area (Å²) >= 11 is 0. The first-order chi connectivity index (χ1) is 9.23. The molecule has 2 rings (SSSR count). The van der Waals surface area contributed by atoms with E-state index in [1.807, 2.05) is 0 Å². The number of nitrogens with one attached hydrogen (secondary N) is 1. The number of aliphatic hydroxyl groups is 1. The van der Waals surface area contributed by atoms with Crippen molar-refractivity contribution in [2.45, 2.75) is 29.8 Å². The molecular weight excluding hydrogens is 284 g/mol. The number of hydrogen-bond acceptors (Lipinski definition) is 5. The number of carboxylic acid groups (broad SMARTS) is 1. The molecule has 1 saturated carbocycles. The molecule has 1 fully saturated rings. The van der Waals surface area contributed by atoms with E-state index in [1.54, 1.807) is 0 Å². The van der Waals surface area contributed by atoms with Crippen LogP contribution in [0, 0.1) is 0 Å². The van der Waals surface area contributed by atoms with Gasteiger partial charge in [-0.3, -0.25) is 0 Å². The zero-order valence-corrected chi connectivity index (χ0v) is 11.5. The number of carboxylic acids is 1. The Morgan fingerprint density at radius 2 is 2.05 bits per heavy atom. The minimum atomic E-state index is -4.01. The average Bonchev–Trinajstić information content (AvgIpc) is 2.33. The van der Waals surface area contributed by atoms with Crippen molar-refractivity contribution in [1.29, 1.82) is 0 Å². The van der Waals surface area contributed by atoms with E-state index < -0.39 is 27.2 Å². The maximum absolute atomic E-state index is 12.1. The molecule has 1 aromatic carbocycles. The Hall–Kier alpha value is -1.64. The first-order valence-electron chi connectivity index (χ1n) is 6.08. The maximum atomic E-state index is 12.1. The number of benzene rings is 1. The topological polar surface area (TPSA) is 130 Å². The Morgan fingerprint density at radius 1 is 1.40 bits per heavy atom. The molecule has 0 saturated heterocycles. The Kier molecular flexibility index (Phi) is 3.72. The van der Waals surface area contributed by atoms with Crippen LogP contribution in [0.1, 0.15) is 29.6 Å². The second kappa shape index (κ2) is 5.04. The highest BCUT2D eigenvalue weighted by molar-refractivity contribution is 7.89. The molecule has 0 unspecified atom stereocenters. The van der Waals surface area contributed by atoms with Gasteiger partial charge in [-0.05, 0) is 37.5 Å². The maximum Gasteiger partial charge on any atom is 0.337 e. The fraction of sp³-hybridized carbons (Fsp3) is 0.417. The fourth-order valence-electron chi connectivity index (χ4n) is 2.02. The first-order valence-corrected chi connectivity index (χ1v) is 7.57. The molecule has 5 N–H and O–H groups in total. The molecule has 0 spiro atoms. The van der Waals surface area contributed by atoms with Crippen LogP contribution in [0.5, 0.6) is 0 Å². The molecule has 20 heavy (non-hydrogen) atoms. The van der Waals surface area contributed by atoms with Crippen LogP contribution in [0.15, 0.2) is 23.1 Å². The highest BCUT2D eigenvalue weighted by Crippen LogP contribution is 2.31. The van der Waals surface area contributed by atoms with Crippen LogP contribution in [-0.4, -0.2) is 36.7 Å². The van der Waals surface area contributed by atoms with Crippen molar-refractivity contribution in [2.75, 3.05) is 12.3 Å². The molecular formula is C12H16N2O5S. The highest BCUT2D eigenvalue weighted by Gasteiger charge is 2.36. The Balaban J connectivity index is 2.27. The highest BCUT2D eigenvalue weighted by atomic mass is 32.2. The third-order valence-electron chi connectivity index (χ3n) is 3.40. The van der Waals surface area contributed by atoms with Gasteiger partial charge in [0.1, 0.15) is 0 Å². The predicted molar refractivity (Wildman–Crippen MR) is 71.8 cm³/mol. The van der Waals surface area contributed by atoms with Gasteiger partial charge >= 0.3 is 5.97 Å². The molecule has 7 nitrogen and oxygen atoms in total. The minimum Gasteiger partial charge on any atom is -0.478 e. The standard InChI is InChI=1S/C12H16N2O5S/c13-8-2-3-10(9(6-8)11(15)16)20(18,19)14-7-12(17)4-1-5-12/h2-3,6,14,17H,1,4-5,7,13H2,(H,15,16). The smallest absolute Gasteiger partial charge is 0.337 e. The lowest BCUT2D eigenvalue weighted by molar-refractivity contribution is -0.0270. The molecule has 1 aromatic rings. The number of sulfonamides is 1. The van der Waals surface area contributed by atoms with Crippen molar-refractivity contribution >= 4 is 21.7 Å². The van der Waals surface area contributed by atoms with Crippen molar-refractivity contribution < 1.29 is 23.4 Å². The second-order valence-electron chi connectivity index (χ2n) is 4.96. The molecule has 0 amide bonds. The molecule has 0 aliphatic heterocycles. The number of carbonyl (C=O) groups is 1. The van der Waals surface area contributed by atoms with Gasteiger partial charge < -0.3 is 15.9 Å². The van der Waals surface area contributed by atoms with E-state index >= 15 is 0 Å². The molecule has 0 aromatic heterocycles. The normalized spacial score (nSPS) is 17.4. The Morgan fingerprint density at radius 3 is 2.55 bits per heavy atom. The molecule has 1 aliphatic rings. The molecule has 110 valence electrons. The van der Waals surface area contributed by atoms with E-state index in [2.05, 4.69) is 4.72 Å². The van der Waals surface area contributed by atoms with Gasteiger partial charge in [0, 0.05) is 12.2 Å². The van der Waals surface area contributed by atoms with E-state index in [-0.39, 0.29) is 17.1 Å². The van der Waals surface area contributed by atoms with Gasteiger partial charge in [0.15, 0.2) is 0 Å². The van der Waals surface area contributed by atoms with Gasteiger partial charge in [0.2, 0.25) is 10.0 Å². The van der Waals surface area contributed by atoms with E-state index in [4.69, 9.17) is 10.8 Å². The summed E-state index contributed by atoms with van der Waals surface area (Å²) in [5, 5.41) is 18.9. The van der Waals surface area contributed by atoms with Gasteiger partial charge in [0.25, 0.3) is 0 Å². The second-order valence-corrected chi connectivity index (χ2v) is 6.70. The number of nitrogen functional groups attached to an aromatic ring is 1.